The highest BCUT2D eigenvalue weighted by molar-refractivity contribution is 6.31. The molecule has 1 atom stereocenters. The van der Waals surface area contributed by atoms with E-state index in [9.17, 15) is 0 Å². The number of aryl methyl sites for hydroxylation is 2. The molecule has 0 saturated heterocycles. The van der Waals surface area contributed by atoms with Crippen LogP contribution in [0.5, 0.6) is 0 Å². The largest absolute Gasteiger partial charge is 0.272 e. The zero-order valence-corrected chi connectivity index (χ0v) is 11.9. The third kappa shape index (κ3) is 3.12. The van der Waals surface area contributed by atoms with Gasteiger partial charge in [0.15, 0.2) is 0 Å². The van der Waals surface area contributed by atoms with Gasteiger partial charge in [-0.15, -0.1) is 0 Å². The number of nitrogens with zero attached hydrogens (tertiary/aromatic N) is 3. The minimum absolute atomic E-state index is 0.0596. The van der Waals surface area contributed by atoms with Gasteiger partial charge in [-0.1, -0.05) is 18.5 Å². The Balaban J connectivity index is 2.24. The summed E-state index contributed by atoms with van der Waals surface area (Å²) in [6.45, 7) is 2.09. The van der Waals surface area contributed by atoms with Crippen LogP contribution < -0.4 is 11.3 Å². The molecule has 2 aromatic heterocycles. The van der Waals surface area contributed by atoms with Crippen molar-refractivity contribution in [2.75, 3.05) is 0 Å². The Bertz CT molecular complexity index is 552. The average molecular weight is 280 g/mol. The molecule has 0 spiro atoms. The van der Waals surface area contributed by atoms with Crippen LogP contribution in [0.4, 0.5) is 0 Å². The summed E-state index contributed by atoms with van der Waals surface area (Å²) in [6, 6.07) is 3.92. The molecule has 19 heavy (non-hydrogen) atoms. The first-order valence-corrected chi connectivity index (χ1v) is 6.60. The number of hydrazine groups is 1. The van der Waals surface area contributed by atoms with Crippen molar-refractivity contribution in [2.45, 2.75) is 25.8 Å². The maximum Gasteiger partial charge on any atom is 0.0637 e. The molecule has 2 heterocycles. The maximum absolute atomic E-state index is 6.16. The SMILES string of the molecule is CCc1cc(CC(NN)c2ccncc2Cl)n(C)n1. The van der Waals surface area contributed by atoms with E-state index in [1.807, 2.05) is 17.8 Å². The molecule has 0 saturated carbocycles. The van der Waals surface area contributed by atoms with Crippen molar-refractivity contribution in [3.8, 4) is 0 Å². The summed E-state index contributed by atoms with van der Waals surface area (Å²) in [4.78, 5) is 3.99. The van der Waals surface area contributed by atoms with Gasteiger partial charge < -0.3 is 0 Å². The molecule has 1 unspecified atom stereocenters. The van der Waals surface area contributed by atoms with Crippen LogP contribution in [0.1, 0.15) is 29.9 Å². The first-order valence-electron chi connectivity index (χ1n) is 6.23. The second kappa shape index (κ2) is 6.14. The standard InChI is InChI=1S/C13H18ClN5/c1-3-9-6-10(19(2)18-9)7-13(17-15)11-4-5-16-8-12(11)14/h4-6,8,13,17H,3,7,15H2,1-2H3. The minimum atomic E-state index is -0.0596. The van der Waals surface area contributed by atoms with Crippen molar-refractivity contribution in [3.05, 3.63) is 46.5 Å². The molecule has 0 aliphatic rings. The number of hydrogen-bond acceptors (Lipinski definition) is 4. The van der Waals surface area contributed by atoms with Gasteiger partial charge >= 0.3 is 0 Å². The Morgan fingerprint density at radius 2 is 2.32 bits per heavy atom. The van der Waals surface area contributed by atoms with E-state index in [4.69, 9.17) is 17.4 Å². The number of nitrogens with two attached hydrogens (primary N) is 1. The monoisotopic (exact) mass is 279 g/mol. The summed E-state index contributed by atoms with van der Waals surface area (Å²) >= 11 is 6.16. The van der Waals surface area contributed by atoms with Crippen molar-refractivity contribution < 1.29 is 0 Å². The summed E-state index contributed by atoms with van der Waals surface area (Å²) in [6.07, 6.45) is 4.99. The highest BCUT2D eigenvalue weighted by Crippen LogP contribution is 2.24. The quantitative estimate of drug-likeness (QED) is 0.647. The third-order valence-corrected chi connectivity index (χ3v) is 3.50. The lowest BCUT2D eigenvalue weighted by atomic mass is 10.0. The highest BCUT2D eigenvalue weighted by atomic mass is 35.5. The van der Waals surface area contributed by atoms with Gasteiger partial charge in [0, 0.05) is 31.6 Å². The van der Waals surface area contributed by atoms with Crippen molar-refractivity contribution in [2.24, 2.45) is 12.9 Å². The van der Waals surface area contributed by atoms with Crippen LogP contribution >= 0.6 is 11.6 Å². The minimum Gasteiger partial charge on any atom is -0.272 e. The fourth-order valence-electron chi connectivity index (χ4n) is 2.07. The summed E-state index contributed by atoms with van der Waals surface area (Å²) in [5.41, 5.74) is 5.95. The Morgan fingerprint density at radius 3 is 2.89 bits per heavy atom. The number of aromatic nitrogens is 3. The van der Waals surface area contributed by atoms with Crippen molar-refractivity contribution in [1.29, 1.82) is 0 Å². The lowest BCUT2D eigenvalue weighted by Crippen LogP contribution is -2.30. The molecule has 0 fully saturated rings. The molecule has 0 aliphatic heterocycles. The molecular weight excluding hydrogens is 262 g/mol. The molecule has 0 radical (unpaired) electrons. The summed E-state index contributed by atoms with van der Waals surface area (Å²) < 4.78 is 1.89. The zero-order valence-electron chi connectivity index (χ0n) is 11.1. The zero-order chi connectivity index (χ0) is 13.8. The first kappa shape index (κ1) is 14.0. The number of pyridine rings is 1. The van der Waals surface area contributed by atoms with Crippen LogP contribution in [-0.2, 0) is 19.9 Å². The van der Waals surface area contributed by atoms with E-state index in [2.05, 4.69) is 28.5 Å². The number of nitrogens with one attached hydrogen (secondary N) is 1. The van der Waals surface area contributed by atoms with Gasteiger partial charge in [-0.3, -0.25) is 20.9 Å². The van der Waals surface area contributed by atoms with E-state index < -0.39 is 0 Å². The normalized spacial score (nSPS) is 12.6. The van der Waals surface area contributed by atoms with Crippen LogP contribution in [0.2, 0.25) is 5.02 Å². The van der Waals surface area contributed by atoms with E-state index in [1.165, 1.54) is 0 Å². The molecule has 0 aromatic carbocycles. The van der Waals surface area contributed by atoms with Crippen LogP contribution in [0, 0.1) is 0 Å². The number of halogens is 1. The molecule has 0 aliphatic carbocycles. The molecular formula is C13H18ClN5. The smallest absolute Gasteiger partial charge is 0.0637 e. The van der Waals surface area contributed by atoms with Crippen LogP contribution in [0.25, 0.3) is 0 Å². The Morgan fingerprint density at radius 1 is 1.53 bits per heavy atom. The third-order valence-electron chi connectivity index (χ3n) is 3.18. The van der Waals surface area contributed by atoms with E-state index in [0.717, 1.165) is 29.8 Å². The molecule has 2 rings (SSSR count). The van der Waals surface area contributed by atoms with Crippen LogP contribution in [-0.4, -0.2) is 14.8 Å². The van der Waals surface area contributed by atoms with E-state index in [0.29, 0.717) is 5.02 Å². The second-order valence-corrected chi connectivity index (χ2v) is 4.83. The van der Waals surface area contributed by atoms with Gasteiger partial charge in [0.05, 0.1) is 16.8 Å². The average Bonchev–Trinajstić information content (AvgIpc) is 2.77. The van der Waals surface area contributed by atoms with Gasteiger partial charge in [0.25, 0.3) is 0 Å². The first-order chi connectivity index (χ1) is 9.15. The Labute approximate surface area is 117 Å². The number of rotatable bonds is 5. The van der Waals surface area contributed by atoms with E-state index >= 15 is 0 Å². The Kier molecular flexibility index (Phi) is 4.52. The molecule has 6 heteroatoms. The van der Waals surface area contributed by atoms with E-state index in [-0.39, 0.29) is 6.04 Å². The molecule has 3 N–H and O–H groups in total. The van der Waals surface area contributed by atoms with Gasteiger partial charge in [0.2, 0.25) is 0 Å². The predicted molar refractivity (Wildman–Crippen MR) is 75.6 cm³/mol. The predicted octanol–water partition coefficient (Wildman–Crippen LogP) is 1.78. The van der Waals surface area contributed by atoms with Crippen molar-refractivity contribution in [3.63, 3.8) is 0 Å². The van der Waals surface area contributed by atoms with Gasteiger partial charge in [-0.25, -0.2) is 0 Å². The maximum atomic E-state index is 6.16. The van der Waals surface area contributed by atoms with E-state index in [1.54, 1.807) is 12.4 Å². The van der Waals surface area contributed by atoms with Crippen molar-refractivity contribution >= 4 is 11.6 Å². The molecule has 0 amide bonds. The summed E-state index contributed by atoms with van der Waals surface area (Å²) in [5.74, 6) is 5.65. The molecule has 0 bridgehead atoms. The second-order valence-electron chi connectivity index (χ2n) is 4.42. The fourth-order valence-corrected chi connectivity index (χ4v) is 2.32. The summed E-state index contributed by atoms with van der Waals surface area (Å²) in [5, 5.41) is 5.05. The number of hydrogen-bond donors (Lipinski definition) is 2. The molecule has 102 valence electrons. The highest BCUT2D eigenvalue weighted by Gasteiger charge is 2.16. The lowest BCUT2D eigenvalue weighted by Gasteiger charge is -2.17. The van der Waals surface area contributed by atoms with Crippen LogP contribution in [0.3, 0.4) is 0 Å². The topological polar surface area (TPSA) is 68.8 Å². The van der Waals surface area contributed by atoms with Crippen LogP contribution in [0.15, 0.2) is 24.5 Å². The Hall–Kier alpha value is -1.43. The van der Waals surface area contributed by atoms with Gasteiger partial charge in [0.1, 0.15) is 0 Å². The molecule has 5 nitrogen and oxygen atoms in total. The van der Waals surface area contributed by atoms with Gasteiger partial charge in [-0.2, -0.15) is 5.10 Å². The van der Waals surface area contributed by atoms with Crippen molar-refractivity contribution in [1.82, 2.24) is 20.2 Å². The fraction of sp³-hybridized carbons (Fsp3) is 0.385. The summed E-state index contributed by atoms with van der Waals surface area (Å²) in [7, 11) is 1.94. The lowest BCUT2D eigenvalue weighted by molar-refractivity contribution is 0.529. The van der Waals surface area contributed by atoms with Gasteiger partial charge in [-0.05, 0) is 24.1 Å². The molecule has 2 aromatic rings.